The average molecular weight is 475 g/mol. The van der Waals surface area contributed by atoms with Crippen molar-refractivity contribution in [2.24, 2.45) is 0 Å². The van der Waals surface area contributed by atoms with Crippen molar-refractivity contribution in [1.82, 2.24) is 14.3 Å². The van der Waals surface area contributed by atoms with Crippen LogP contribution in [0.5, 0.6) is 0 Å². The van der Waals surface area contributed by atoms with E-state index in [0.29, 0.717) is 24.5 Å². The summed E-state index contributed by atoms with van der Waals surface area (Å²) in [7, 11) is -3.46. The quantitative estimate of drug-likeness (QED) is 0.415. The molecule has 3 aromatic rings. The van der Waals surface area contributed by atoms with Gasteiger partial charge in [0, 0.05) is 25.3 Å². The number of benzene rings is 1. The van der Waals surface area contributed by atoms with E-state index in [0.717, 1.165) is 52.2 Å². The van der Waals surface area contributed by atoms with Crippen LogP contribution in [-0.4, -0.2) is 54.0 Å². The standard InChI is InChI=1S/C21H22N4O3S3/c26-19(13-30-21-20-17(7-11-29-20)22-14-23-21)25-10-3-4-15-12-16(5-6-18(15)25)31(27,28)24-8-1-2-9-24/h5-7,11-12,14H,1-4,8-10,13H2. The summed E-state index contributed by atoms with van der Waals surface area (Å²) in [6.07, 6.45) is 4.94. The second-order valence-corrected chi connectivity index (χ2v) is 11.5. The maximum absolute atomic E-state index is 13.0. The predicted octanol–water partition coefficient (Wildman–Crippen LogP) is 3.55. The highest BCUT2D eigenvalue weighted by atomic mass is 32.2. The van der Waals surface area contributed by atoms with Gasteiger partial charge in [-0.2, -0.15) is 4.31 Å². The van der Waals surface area contributed by atoms with Gasteiger partial charge in [0.05, 0.1) is 20.9 Å². The largest absolute Gasteiger partial charge is 0.311 e. The molecule has 1 amide bonds. The van der Waals surface area contributed by atoms with Gasteiger partial charge in [0.25, 0.3) is 0 Å². The smallest absolute Gasteiger partial charge is 0.243 e. The molecule has 1 fully saturated rings. The third kappa shape index (κ3) is 3.97. The zero-order valence-electron chi connectivity index (χ0n) is 16.9. The number of thioether (sulfide) groups is 1. The fraction of sp³-hybridized carbons (Fsp3) is 0.381. The van der Waals surface area contributed by atoms with Crippen LogP contribution in [-0.2, 0) is 21.2 Å². The third-order valence-electron chi connectivity index (χ3n) is 5.72. The van der Waals surface area contributed by atoms with Crippen molar-refractivity contribution < 1.29 is 13.2 Å². The number of hydrogen-bond donors (Lipinski definition) is 0. The van der Waals surface area contributed by atoms with Crippen LogP contribution in [0.25, 0.3) is 10.2 Å². The Hall–Kier alpha value is -2.01. The first-order chi connectivity index (χ1) is 15.0. The van der Waals surface area contributed by atoms with E-state index in [1.807, 2.05) is 11.4 Å². The average Bonchev–Trinajstić information content (AvgIpc) is 3.49. The lowest BCUT2D eigenvalue weighted by Gasteiger charge is -2.30. The summed E-state index contributed by atoms with van der Waals surface area (Å²) in [4.78, 5) is 23.7. The maximum Gasteiger partial charge on any atom is 0.243 e. The molecular weight excluding hydrogens is 452 g/mol. The summed E-state index contributed by atoms with van der Waals surface area (Å²) >= 11 is 2.99. The number of anilines is 1. The monoisotopic (exact) mass is 474 g/mol. The van der Waals surface area contributed by atoms with E-state index in [1.54, 1.807) is 38.7 Å². The van der Waals surface area contributed by atoms with Gasteiger partial charge in [-0.3, -0.25) is 4.79 Å². The van der Waals surface area contributed by atoms with Crippen molar-refractivity contribution in [2.45, 2.75) is 35.6 Å². The second kappa shape index (κ2) is 8.50. The topological polar surface area (TPSA) is 83.5 Å². The highest BCUT2D eigenvalue weighted by Crippen LogP contribution is 2.33. The molecule has 2 aliphatic heterocycles. The molecule has 162 valence electrons. The minimum absolute atomic E-state index is 0.00409. The lowest BCUT2D eigenvalue weighted by Crippen LogP contribution is -2.37. The Morgan fingerprint density at radius 2 is 1.94 bits per heavy atom. The number of carbonyl (C=O) groups is 1. The van der Waals surface area contributed by atoms with Crippen LogP contribution in [0.2, 0.25) is 0 Å². The van der Waals surface area contributed by atoms with E-state index in [-0.39, 0.29) is 11.7 Å². The summed E-state index contributed by atoms with van der Waals surface area (Å²) < 4.78 is 28.4. The first-order valence-electron chi connectivity index (χ1n) is 10.3. The Balaban J connectivity index is 1.35. The van der Waals surface area contributed by atoms with Gasteiger partial charge in [-0.1, -0.05) is 11.8 Å². The molecule has 0 N–H and O–H groups in total. The Labute approximate surface area is 189 Å². The number of thiophene rings is 1. The van der Waals surface area contributed by atoms with Gasteiger partial charge in [-0.05, 0) is 60.9 Å². The lowest BCUT2D eigenvalue weighted by molar-refractivity contribution is -0.116. The Kier molecular flexibility index (Phi) is 5.72. The summed E-state index contributed by atoms with van der Waals surface area (Å²) in [5.74, 6) is 0.279. The van der Waals surface area contributed by atoms with Crippen molar-refractivity contribution in [3.8, 4) is 0 Å². The number of fused-ring (bicyclic) bond motifs is 2. The molecule has 0 atom stereocenters. The molecule has 31 heavy (non-hydrogen) atoms. The molecule has 7 nitrogen and oxygen atoms in total. The van der Waals surface area contributed by atoms with Crippen LogP contribution in [0.1, 0.15) is 24.8 Å². The van der Waals surface area contributed by atoms with Gasteiger partial charge in [0.15, 0.2) is 0 Å². The van der Waals surface area contributed by atoms with E-state index in [4.69, 9.17) is 0 Å². The molecule has 0 bridgehead atoms. The van der Waals surface area contributed by atoms with Gasteiger partial charge >= 0.3 is 0 Å². The molecule has 0 unspecified atom stereocenters. The molecular formula is C21H22N4O3S3. The summed E-state index contributed by atoms with van der Waals surface area (Å²) in [5, 5.41) is 2.79. The van der Waals surface area contributed by atoms with Crippen molar-refractivity contribution >= 4 is 54.9 Å². The summed E-state index contributed by atoms with van der Waals surface area (Å²) in [5.41, 5.74) is 2.64. The SMILES string of the molecule is O=C(CSc1ncnc2ccsc12)N1CCCc2cc(S(=O)(=O)N3CCCC3)ccc21. The van der Waals surface area contributed by atoms with Gasteiger partial charge in [-0.25, -0.2) is 18.4 Å². The van der Waals surface area contributed by atoms with Gasteiger partial charge in [-0.15, -0.1) is 11.3 Å². The fourth-order valence-electron chi connectivity index (χ4n) is 4.15. The zero-order chi connectivity index (χ0) is 21.4. The molecule has 2 aliphatic rings. The maximum atomic E-state index is 13.0. The molecule has 1 saturated heterocycles. The van der Waals surface area contributed by atoms with Crippen LogP contribution < -0.4 is 4.90 Å². The zero-order valence-corrected chi connectivity index (χ0v) is 19.3. The van der Waals surface area contributed by atoms with Crippen LogP contribution >= 0.6 is 23.1 Å². The Bertz CT molecular complexity index is 1240. The van der Waals surface area contributed by atoms with Gasteiger partial charge in [0.2, 0.25) is 15.9 Å². The number of amides is 1. The van der Waals surface area contributed by atoms with Crippen molar-refractivity contribution in [3.05, 3.63) is 41.5 Å². The van der Waals surface area contributed by atoms with Crippen LogP contribution in [0.3, 0.4) is 0 Å². The Morgan fingerprint density at radius 1 is 1.10 bits per heavy atom. The minimum Gasteiger partial charge on any atom is -0.311 e. The highest BCUT2D eigenvalue weighted by Gasteiger charge is 2.29. The minimum atomic E-state index is -3.46. The van der Waals surface area contributed by atoms with E-state index < -0.39 is 10.0 Å². The normalized spacial score (nSPS) is 17.2. The third-order valence-corrected chi connectivity index (χ3v) is 9.62. The predicted molar refractivity (Wildman–Crippen MR) is 123 cm³/mol. The van der Waals surface area contributed by atoms with Crippen molar-refractivity contribution in [1.29, 1.82) is 0 Å². The molecule has 4 heterocycles. The molecule has 0 spiro atoms. The van der Waals surface area contributed by atoms with Crippen LogP contribution in [0.15, 0.2) is 45.9 Å². The molecule has 2 aromatic heterocycles. The Morgan fingerprint density at radius 3 is 2.77 bits per heavy atom. The first kappa shape index (κ1) is 20.9. The molecule has 0 radical (unpaired) electrons. The fourth-order valence-corrected chi connectivity index (χ4v) is 7.54. The van der Waals surface area contributed by atoms with Crippen LogP contribution in [0.4, 0.5) is 5.69 Å². The van der Waals surface area contributed by atoms with E-state index in [1.165, 1.54) is 18.1 Å². The van der Waals surface area contributed by atoms with Crippen molar-refractivity contribution in [2.75, 3.05) is 30.3 Å². The van der Waals surface area contributed by atoms with Crippen molar-refractivity contribution in [3.63, 3.8) is 0 Å². The number of sulfonamides is 1. The first-order valence-corrected chi connectivity index (χ1v) is 13.6. The van der Waals surface area contributed by atoms with Gasteiger partial charge in [0.1, 0.15) is 11.4 Å². The highest BCUT2D eigenvalue weighted by molar-refractivity contribution is 8.00. The number of aryl methyl sites for hydroxylation is 1. The summed E-state index contributed by atoms with van der Waals surface area (Å²) in [6, 6.07) is 7.14. The van der Waals surface area contributed by atoms with E-state index in [9.17, 15) is 13.2 Å². The number of carbonyl (C=O) groups excluding carboxylic acids is 1. The molecule has 1 aromatic carbocycles. The molecule has 0 aliphatic carbocycles. The second-order valence-electron chi connectivity index (χ2n) is 7.65. The molecule has 0 saturated carbocycles. The summed E-state index contributed by atoms with van der Waals surface area (Å²) in [6.45, 7) is 1.81. The van der Waals surface area contributed by atoms with Crippen LogP contribution in [0, 0.1) is 0 Å². The lowest BCUT2D eigenvalue weighted by atomic mass is 10.0. The van der Waals surface area contributed by atoms with Gasteiger partial charge < -0.3 is 4.90 Å². The molecule has 10 heteroatoms. The van der Waals surface area contributed by atoms with E-state index in [2.05, 4.69) is 9.97 Å². The number of aromatic nitrogens is 2. The number of hydrogen-bond acceptors (Lipinski definition) is 7. The number of rotatable bonds is 5. The van der Waals surface area contributed by atoms with E-state index >= 15 is 0 Å². The number of nitrogens with zero attached hydrogens (tertiary/aromatic N) is 4. The molecule has 5 rings (SSSR count).